The third-order valence-electron chi connectivity index (χ3n) is 9.77. The molecule has 0 amide bonds. The summed E-state index contributed by atoms with van der Waals surface area (Å²) in [6, 6.07) is 0. The van der Waals surface area contributed by atoms with Gasteiger partial charge in [0.1, 0.15) is 0 Å². The van der Waals surface area contributed by atoms with Crippen LogP contribution in [0.1, 0.15) is 44.9 Å². The summed E-state index contributed by atoms with van der Waals surface area (Å²) in [6.07, 6.45) is 11.4. The van der Waals surface area contributed by atoms with Crippen LogP contribution in [0.15, 0.2) is 0 Å². The minimum atomic E-state index is 0.638. The second-order valence-electron chi connectivity index (χ2n) is 9.64. The minimum Gasteiger partial charge on any atom is -0.0841 e. The summed E-state index contributed by atoms with van der Waals surface area (Å²) in [5.74, 6) is 10.3. The highest BCUT2D eigenvalue weighted by atomic mass is 79.9. The predicted octanol–water partition coefficient (Wildman–Crippen LogP) is 4.48. The molecule has 10 rings (SSSR count). The minimum absolute atomic E-state index is 0.638. The largest absolute Gasteiger partial charge is 0.0841 e. The molecule has 0 aromatic rings. The van der Waals surface area contributed by atoms with Gasteiger partial charge < -0.3 is 0 Å². The summed E-state index contributed by atoms with van der Waals surface area (Å²) in [4.78, 5) is 0. The van der Waals surface area contributed by atoms with Crippen molar-refractivity contribution in [2.24, 2.45) is 58.7 Å². The molecule has 102 valence electrons. The van der Waals surface area contributed by atoms with Gasteiger partial charge in [0.05, 0.1) is 0 Å². The number of hydrogen-bond acceptors (Lipinski definition) is 0. The first-order chi connectivity index (χ1) is 9.22. The van der Waals surface area contributed by atoms with Gasteiger partial charge in [-0.2, -0.15) is 0 Å². The molecule has 19 heavy (non-hydrogen) atoms. The van der Waals surface area contributed by atoms with Crippen LogP contribution in [0.2, 0.25) is 0 Å². The lowest BCUT2D eigenvalue weighted by Gasteiger charge is -2.86. The quantitative estimate of drug-likeness (QED) is 0.578. The Morgan fingerprint density at radius 1 is 0.684 bits per heavy atom. The van der Waals surface area contributed by atoms with Crippen LogP contribution in [0.5, 0.6) is 0 Å². The summed E-state index contributed by atoms with van der Waals surface area (Å²) in [5.41, 5.74) is 0.799. The molecule has 0 aliphatic heterocycles. The fourth-order valence-electron chi connectivity index (χ4n) is 10.2. The predicted molar refractivity (Wildman–Crippen MR) is 77.8 cm³/mol. The van der Waals surface area contributed by atoms with Crippen LogP contribution < -0.4 is 0 Å². The molecule has 11 bridgehead atoms. The van der Waals surface area contributed by atoms with E-state index in [-0.39, 0.29) is 0 Å². The van der Waals surface area contributed by atoms with E-state index in [1.165, 1.54) is 17.8 Å². The first-order valence-electron chi connectivity index (χ1n) is 8.91. The Morgan fingerprint density at radius 3 is 1.84 bits per heavy atom. The topological polar surface area (TPSA) is 0 Å². The van der Waals surface area contributed by atoms with Crippen LogP contribution >= 0.6 is 15.9 Å². The van der Waals surface area contributed by atoms with Gasteiger partial charge in [0.2, 0.25) is 0 Å². The van der Waals surface area contributed by atoms with Crippen molar-refractivity contribution in [2.75, 3.05) is 0 Å². The molecule has 0 N–H and O–H groups in total. The van der Waals surface area contributed by atoms with Crippen molar-refractivity contribution in [3.05, 3.63) is 0 Å². The SMILES string of the molecule is BrC12C3CC4CC5C3CC3C6CC(CC31)CC2(C4)C56. The summed E-state index contributed by atoms with van der Waals surface area (Å²) in [6.45, 7) is 0. The molecule has 0 aromatic carbocycles. The van der Waals surface area contributed by atoms with Gasteiger partial charge in [-0.3, -0.25) is 0 Å². The molecule has 0 heterocycles. The first-order valence-corrected chi connectivity index (χ1v) is 9.70. The number of alkyl halides is 1. The summed E-state index contributed by atoms with van der Waals surface area (Å²) < 4.78 is 0.638. The van der Waals surface area contributed by atoms with Gasteiger partial charge in [-0.15, -0.1) is 0 Å². The average molecular weight is 319 g/mol. The molecule has 0 saturated heterocycles. The van der Waals surface area contributed by atoms with Crippen molar-refractivity contribution in [2.45, 2.75) is 49.3 Å². The van der Waals surface area contributed by atoms with Crippen molar-refractivity contribution >= 4 is 15.9 Å². The Balaban J connectivity index is 1.59. The zero-order valence-corrected chi connectivity index (χ0v) is 13.1. The number of halogens is 1. The Labute approximate surface area is 124 Å². The van der Waals surface area contributed by atoms with Gasteiger partial charge in [-0.25, -0.2) is 0 Å². The Morgan fingerprint density at radius 2 is 1.26 bits per heavy atom. The van der Waals surface area contributed by atoms with Crippen LogP contribution in [0.25, 0.3) is 0 Å². The van der Waals surface area contributed by atoms with E-state index in [0.717, 1.165) is 40.9 Å². The van der Waals surface area contributed by atoms with E-state index < -0.39 is 0 Å². The maximum Gasteiger partial charge on any atom is 0.0379 e. The monoisotopic (exact) mass is 318 g/mol. The number of rotatable bonds is 0. The van der Waals surface area contributed by atoms with E-state index in [1.807, 2.05) is 0 Å². The van der Waals surface area contributed by atoms with Crippen molar-refractivity contribution in [1.29, 1.82) is 0 Å². The van der Waals surface area contributed by atoms with E-state index >= 15 is 0 Å². The molecule has 10 fully saturated rings. The molecule has 10 aliphatic rings. The van der Waals surface area contributed by atoms with Crippen LogP contribution in [-0.4, -0.2) is 4.32 Å². The second kappa shape index (κ2) is 2.61. The molecule has 1 heteroatoms. The zero-order chi connectivity index (χ0) is 12.1. The molecule has 0 radical (unpaired) electrons. The molecule has 8 unspecified atom stereocenters. The molecule has 1 spiro atoms. The maximum absolute atomic E-state index is 4.53. The van der Waals surface area contributed by atoms with Crippen molar-refractivity contribution in [1.82, 2.24) is 0 Å². The normalized spacial score (nSPS) is 80.4. The lowest BCUT2D eigenvalue weighted by Crippen LogP contribution is -2.83. The van der Waals surface area contributed by atoms with E-state index in [4.69, 9.17) is 0 Å². The third kappa shape index (κ3) is 0.756. The molecular weight excluding hydrogens is 296 g/mol. The number of hydrogen-bond donors (Lipinski definition) is 0. The van der Waals surface area contributed by atoms with E-state index in [1.54, 1.807) is 44.9 Å². The van der Waals surface area contributed by atoms with Crippen LogP contribution in [0, 0.1) is 58.7 Å². The second-order valence-corrected chi connectivity index (χ2v) is 10.9. The van der Waals surface area contributed by atoms with E-state index in [2.05, 4.69) is 15.9 Å². The molecule has 8 atom stereocenters. The Hall–Kier alpha value is 0.480. The summed E-state index contributed by atoms with van der Waals surface area (Å²) in [5, 5.41) is 0. The molecular formula is C18H23Br. The van der Waals surface area contributed by atoms with Gasteiger partial charge in [0, 0.05) is 4.32 Å². The fourth-order valence-corrected chi connectivity index (χ4v) is 11.8. The van der Waals surface area contributed by atoms with E-state index in [9.17, 15) is 0 Å². The lowest BCUT2D eigenvalue weighted by atomic mass is 9.22. The Kier molecular flexibility index (Phi) is 1.41. The van der Waals surface area contributed by atoms with Gasteiger partial charge >= 0.3 is 0 Å². The van der Waals surface area contributed by atoms with Gasteiger partial charge in [0.15, 0.2) is 0 Å². The molecule has 10 saturated carbocycles. The van der Waals surface area contributed by atoms with Crippen LogP contribution in [0.3, 0.4) is 0 Å². The highest BCUT2D eigenvalue weighted by molar-refractivity contribution is 9.10. The first kappa shape index (κ1) is 10.2. The van der Waals surface area contributed by atoms with Crippen molar-refractivity contribution in [3.63, 3.8) is 0 Å². The van der Waals surface area contributed by atoms with Gasteiger partial charge in [0.25, 0.3) is 0 Å². The Bertz CT molecular complexity index is 474. The summed E-state index contributed by atoms with van der Waals surface area (Å²) >= 11 is 4.53. The highest BCUT2D eigenvalue weighted by Crippen LogP contribution is 2.87. The van der Waals surface area contributed by atoms with E-state index in [0.29, 0.717) is 4.32 Å². The third-order valence-corrected chi connectivity index (χ3v) is 11.7. The average Bonchev–Trinajstić information content (AvgIpc) is 2.40. The van der Waals surface area contributed by atoms with Gasteiger partial charge in [-0.05, 0) is 104 Å². The highest BCUT2D eigenvalue weighted by Gasteiger charge is 2.83. The van der Waals surface area contributed by atoms with Crippen LogP contribution in [0.4, 0.5) is 0 Å². The molecule has 10 aliphatic carbocycles. The standard InChI is InChI=1S/C18H23Br/c19-18-14-3-8-1-12-10(14)5-11-13-2-9(4-15(11)18)7-17(18,6-8)16(12)13/h8-16H,1-7H2. The molecule has 0 aromatic heterocycles. The fraction of sp³-hybridized carbons (Fsp3) is 1.00. The molecule has 0 nitrogen and oxygen atoms in total. The zero-order valence-electron chi connectivity index (χ0n) is 11.5. The lowest BCUT2D eigenvalue weighted by molar-refractivity contribution is -0.329. The van der Waals surface area contributed by atoms with Gasteiger partial charge in [-0.1, -0.05) is 15.9 Å². The summed E-state index contributed by atoms with van der Waals surface area (Å²) in [7, 11) is 0. The maximum atomic E-state index is 4.53. The van der Waals surface area contributed by atoms with Crippen molar-refractivity contribution < 1.29 is 0 Å². The van der Waals surface area contributed by atoms with Crippen LogP contribution in [-0.2, 0) is 0 Å². The van der Waals surface area contributed by atoms with Crippen molar-refractivity contribution in [3.8, 4) is 0 Å². The smallest absolute Gasteiger partial charge is 0.0379 e.